The third kappa shape index (κ3) is 3.90. The molecule has 5 rings (SSSR count). The maximum Gasteiger partial charge on any atom is 0.143 e. The van der Waals surface area contributed by atoms with E-state index in [-0.39, 0.29) is 5.82 Å². The van der Waals surface area contributed by atoms with Crippen LogP contribution in [-0.4, -0.2) is 30.6 Å². The van der Waals surface area contributed by atoms with E-state index in [4.69, 9.17) is 16.3 Å². The van der Waals surface area contributed by atoms with Crippen LogP contribution < -0.4 is 9.64 Å². The molecule has 0 saturated carbocycles. The summed E-state index contributed by atoms with van der Waals surface area (Å²) in [5, 5.41) is 0.740. The molecule has 0 aromatic heterocycles. The highest BCUT2D eigenvalue weighted by Gasteiger charge is 2.32. The van der Waals surface area contributed by atoms with Crippen molar-refractivity contribution in [2.75, 3.05) is 24.5 Å². The molecule has 0 amide bonds. The second kappa shape index (κ2) is 8.29. The van der Waals surface area contributed by atoms with Crippen LogP contribution in [0.4, 0.5) is 15.8 Å². The van der Waals surface area contributed by atoms with Crippen LogP contribution in [0.3, 0.4) is 0 Å². The maximum absolute atomic E-state index is 13.2. The number of halogens is 2. The average molecular weight is 423 g/mol. The lowest BCUT2D eigenvalue weighted by Crippen LogP contribution is -2.35. The fraction of sp³-hybridized carbons (Fsp3) is 0.280. The van der Waals surface area contributed by atoms with E-state index < -0.39 is 0 Å². The Balaban J connectivity index is 1.38. The van der Waals surface area contributed by atoms with Crippen molar-refractivity contribution >= 4 is 23.0 Å². The number of para-hydroxylation sites is 2. The van der Waals surface area contributed by atoms with Crippen molar-refractivity contribution in [2.24, 2.45) is 0 Å². The van der Waals surface area contributed by atoms with Crippen LogP contribution in [0.25, 0.3) is 0 Å². The van der Waals surface area contributed by atoms with Gasteiger partial charge in [-0.05, 0) is 54.8 Å². The highest BCUT2D eigenvalue weighted by molar-refractivity contribution is 6.30. The van der Waals surface area contributed by atoms with Crippen molar-refractivity contribution in [1.82, 2.24) is 4.90 Å². The van der Waals surface area contributed by atoms with Gasteiger partial charge in [-0.1, -0.05) is 41.9 Å². The van der Waals surface area contributed by atoms with Crippen LogP contribution in [0.1, 0.15) is 17.5 Å². The smallest absolute Gasteiger partial charge is 0.143 e. The number of hydrogen-bond acceptors (Lipinski definition) is 3. The topological polar surface area (TPSA) is 15.7 Å². The van der Waals surface area contributed by atoms with Crippen LogP contribution in [0.2, 0.25) is 5.02 Å². The predicted octanol–water partition coefficient (Wildman–Crippen LogP) is 5.83. The van der Waals surface area contributed by atoms with Crippen molar-refractivity contribution in [3.8, 4) is 5.75 Å². The van der Waals surface area contributed by atoms with Gasteiger partial charge < -0.3 is 14.5 Å². The zero-order valence-corrected chi connectivity index (χ0v) is 17.5. The van der Waals surface area contributed by atoms with Crippen molar-refractivity contribution in [3.05, 3.63) is 88.7 Å². The van der Waals surface area contributed by atoms with E-state index in [1.807, 2.05) is 30.3 Å². The second-order valence-electron chi connectivity index (χ2n) is 8.02. The van der Waals surface area contributed by atoms with E-state index in [1.165, 1.54) is 17.7 Å². The van der Waals surface area contributed by atoms with Gasteiger partial charge in [0, 0.05) is 41.9 Å². The van der Waals surface area contributed by atoms with Gasteiger partial charge in [0.25, 0.3) is 0 Å². The summed E-state index contributed by atoms with van der Waals surface area (Å²) in [5.74, 6) is 0.731. The Hall–Kier alpha value is -2.56. The summed E-state index contributed by atoms with van der Waals surface area (Å²) in [6, 6.07) is 21.5. The molecule has 0 spiro atoms. The Morgan fingerprint density at radius 2 is 1.83 bits per heavy atom. The van der Waals surface area contributed by atoms with Gasteiger partial charge in [0.2, 0.25) is 0 Å². The lowest BCUT2D eigenvalue weighted by atomic mass is 10.1. The molecule has 3 aromatic carbocycles. The van der Waals surface area contributed by atoms with E-state index in [2.05, 4.69) is 34.1 Å². The molecular formula is C25H24ClFN2O. The molecule has 3 aromatic rings. The minimum absolute atomic E-state index is 0.181. The Labute approximate surface area is 181 Å². The number of likely N-dealkylation sites (tertiary alicyclic amines) is 1. The first-order chi connectivity index (χ1) is 14.7. The molecule has 0 radical (unpaired) electrons. The van der Waals surface area contributed by atoms with Crippen LogP contribution in [-0.2, 0) is 13.0 Å². The minimum Gasteiger partial charge on any atom is -0.487 e. The fourth-order valence-corrected chi connectivity index (χ4v) is 4.67. The first-order valence-corrected chi connectivity index (χ1v) is 10.8. The fourth-order valence-electron chi connectivity index (χ4n) is 4.50. The second-order valence-corrected chi connectivity index (χ2v) is 8.46. The molecule has 154 valence electrons. The third-order valence-electron chi connectivity index (χ3n) is 6.06. The number of fused-ring (bicyclic) bond motifs is 2. The molecular weight excluding hydrogens is 399 g/mol. The van der Waals surface area contributed by atoms with Crippen LogP contribution in [0.15, 0.2) is 66.7 Å². The number of ether oxygens (including phenoxy) is 1. The summed E-state index contributed by atoms with van der Waals surface area (Å²) in [7, 11) is 0. The zero-order chi connectivity index (χ0) is 20.5. The molecule has 3 nitrogen and oxygen atoms in total. The minimum atomic E-state index is -0.181. The largest absolute Gasteiger partial charge is 0.487 e. The average Bonchev–Trinajstić information content (AvgIpc) is 3.16. The van der Waals surface area contributed by atoms with Gasteiger partial charge >= 0.3 is 0 Å². The van der Waals surface area contributed by atoms with Crippen LogP contribution >= 0.6 is 11.6 Å². The standard InChI is InChI=1S/C25H24ClFN2O/c26-20-8-7-19-17-30-25-4-2-1-3-23(25)29(24(19)15-20)22-12-14-28(16-22)13-11-18-5-9-21(27)10-6-18/h1-10,15,22H,11-14,16-17H2. The summed E-state index contributed by atoms with van der Waals surface area (Å²) >= 11 is 6.38. The number of nitrogens with zero attached hydrogens (tertiary/aromatic N) is 2. The maximum atomic E-state index is 13.2. The number of hydrogen-bond donors (Lipinski definition) is 0. The molecule has 1 saturated heterocycles. The summed E-state index contributed by atoms with van der Waals surface area (Å²) < 4.78 is 19.3. The van der Waals surface area contributed by atoms with Gasteiger partial charge in [-0.2, -0.15) is 0 Å². The van der Waals surface area contributed by atoms with E-state index >= 15 is 0 Å². The van der Waals surface area contributed by atoms with E-state index in [0.29, 0.717) is 12.6 Å². The Morgan fingerprint density at radius 3 is 2.70 bits per heavy atom. The highest BCUT2D eigenvalue weighted by Crippen LogP contribution is 2.43. The Morgan fingerprint density at radius 1 is 1.00 bits per heavy atom. The van der Waals surface area contributed by atoms with Gasteiger partial charge in [-0.3, -0.25) is 0 Å². The molecule has 0 aliphatic carbocycles. The van der Waals surface area contributed by atoms with Gasteiger partial charge in [-0.25, -0.2) is 4.39 Å². The van der Waals surface area contributed by atoms with Gasteiger partial charge in [0.05, 0.1) is 5.69 Å². The first kappa shape index (κ1) is 19.4. The normalized spacial score (nSPS) is 18.5. The molecule has 5 heteroatoms. The number of anilines is 2. The molecule has 30 heavy (non-hydrogen) atoms. The molecule has 1 unspecified atom stereocenters. The van der Waals surface area contributed by atoms with Crippen molar-refractivity contribution in [3.63, 3.8) is 0 Å². The Bertz CT molecular complexity index is 1040. The molecule has 2 heterocycles. The van der Waals surface area contributed by atoms with Crippen LogP contribution in [0.5, 0.6) is 5.75 Å². The predicted molar refractivity (Wildman–Crippen MR) is 119 cm³/mol. The lowest BCUT2D eigenvalue weighted by Gasteiger charge is -2.32. The van der Waals surface area contributed by atoms with Crippen molar-refractivity contribution in [2.45, 2.75) is 25.5 Å². The summed E-state index contributed by atoms with van der Waals surface area (Å²) in [4.78, 5) is 4.91. The number of rotatable bonds is 4. The molecule has 0 bridgehead atoms. The lowest BCUT2D eigenvalue weighted by molar-refractivity contribution is 0.310. The number of benzene rings is 3. The van der Waals surface area contributed by atoms with E-state index in [1.54, 1.807) is 0 Å². The molecule has 2 aliphatic rings. The quantitative estimate of drug-likeness (QED) is 0.526. The molecule has 2 aliphatic heterocycles. The first-order valence-electron chi connectivity index (χ1n) is 10.4. The summed E-state index contributed by atoms with van der Waals surface area (Å²) in [5.41, 5.74) is 4.56. The summed E-state index contributed by atoms with van der Waals surface area (Å²) in [6.07, 6.45) is 2.00. The van der Waals surface area contributed by atoms with E-state index in [9.17, 15) is 4.39 Å². The molecule has 0 N–H and O–H groups in total. The SMILES string of the molecule is Fc1ccc(CCN2CCC(N3c4cc(Cl)ccc4COc4ccccc43)C2)cc1. The van der Waals surface area contributed by atoms with Gasteiger partial charge in [0.15, 0.2) is 0 Å². The highest BCUT2D eigenvalue weighted by atomic mass is 35.5. The summed E-state index contributed by atoms with van der Waals surface area (Å²) in [6.45, 7) is 3.53. The Kier molecular flexibility index (Phi) is 5.36. The van der Waals surface area contributed by atoms with Crippen molar-refractivity contribution in [1.29, 1.82) is 0 Å². The molecule has 1 atom stereocenters. The van der Waals surface area contributed by atoms with Crippen molar-refractivity contribution < 1.29 is 9.13 Å². The molecule has 1 fully saturated rings. The monoisotopic (exact) mass is 422 g/mol. The van der Waals surface area contributed by atoms with E-state index in [0.717, 1.165) is 60.2 Å². The zero-order valence-electron chi connectivity index (χ0n) is 16.7. The van der Waals surface area contributed by atoms with Gasteiger partial charge in [-0.15, -0.1) is 0 Å². The van der Waals surface area contributed by atoms with Crippen LogP contribution in [0, 0.1) is 5.82 Å². The third-order valence-corrected chi connectivity index (χ3v) is 6.29. The van der Waals surface area contributed by atoms with Gasteiger partial charge in [0.1, 0.15) is 18.2 Å².